The zero-order chi connectivity index (χ0) is 13.5. The van der Waals surface area contributed by atoms with Gasteiger partial charge in [-0.05, 0) is 43.9 Å². The number of methoxy groups -OCH3 is 1. The Hall–Kier alpha value is -1.26. The van der Waals surface area contributed by atoms with Crippen LogP contribution in [0.3, 0.4) is 0 Å². The van der Waals surface area contributed by atoms with Gasteiger partial charge in [0.1, 0.15) is 11.5 Å². The van der Waals surface area contributed by atoms with Crippen LogP contribution in [0.2, 0.25) is 0 Å². The van der Waals surface area contributed by atoms with E-state index in [-0.39, 0.29) is 0 Å². The van der Waals surface area contributed by atoms with Gasteiger partial charge in [-0.25, -0.2) is 0 Å². The second-order valence-electron chi connectivity index (χ2n) is 4.80. The van der Waals surface area contributed by atoms with Gasteiger partial charge in [0.15, 0.2) is 0 Å². The largest absolute Gasteiger partial charge is 0.497 e. The predicted molar refractivity (Wildman–Crippen MR) is 74.6 cm³/mol. The van der Waals surface area contributed by atoms with Crippen LogP contribution in [-0.4, -0.2) is 26.4 Å². The first-order chi connectivity index (χ1) is 9.33. The lowest BCUT2D eigenvalue weighted by Crippen LogP contribution is -2.09. The van der Waals surface area contributed by atoms with Gasteiger partial charge in [0.25, 0.3) is 0 Å². The van der Waals surface area contributed by atoms with Crippen LogP contribution in [0.25, 0.3) is 0 Å². The zero-order valence-electron chi connectivity index (χ0n) is 11.6. The number of benzene rings is 1. The van der Waals surface area contributed by atoms with Gasteiger partial charge in [-0.15, -0.1) is 0 Å². The van der Waals surface area contributed by atoms with Crippen LogP contribution in [0.1, 0.15) is 31.2 Å². The van der Waals surface area contributed by atoms with Gasteiger partial charge in [-0.3, -0.25) is 0 Å². The lowest BCUT2D eigenvalue weighted by atomic mass is 10.1. The molecule has 1 aliphatic rings. The molecule has 4 nitrogen and oxygen atoms in total. The molecule has 1 aliphatic heterocycles. The molecular weight excluding hydrogens is 242 g/mol. The number of rotatable bonds is 7. The first-order valence-electron chi connectivity index (χ1n) is 6.95. The van der Waals surface area contributed by atoms with E-state index in [1.807, 2.05) is 18.2 Å². The molecule has 1 fully saturated rings. The SMILES string of the molecule is COc1ccc(OCCCC2CCCO2)c(CN)c1. The predicted octanol–water partition coefficient (Wildman–Crippen LogP) is 2.49. The highest BCUT2D eigenvalue weighted by molar-refractivity contribution is 5.40. The van der Waals surface area contributed by atoms with Gasteiger partial charge >= 0.3 is 0 Å². The van der Waals surface area contributed by atoms with E-state index in [4.69, 9.17) is 19.9 Å². The van der Waals surface area contributed by atoms with E-state index in [2.05, 4.69) is 0 Å². The van der Waals surface area contributed by atoms with Gasteiger partial charge < -0.3 is 19.9 Å². The van der Waals surface area contributed by atoms with E-state index < -0.39 is 0 Å². The Bertz CT molecular complexity index is 389. The Labute approximate surface area is 114 Å². The van der Waals surface area contributed by atoms with Gasteiger partial charge in [-0.1, -0.05) is 0 Å². The molecule has 1 saturated heterocycles. The molecule has 0 spiro atoms. The third-order valence-electron chi connectivity index (χ3n) is 3.44. The maximum atomic E-state index is 5.80. The van der Waals surface area contributed by atoms with Crippen molar-refractivity contribution in [1.29, 1.82) is 0 Å². The monoisotopic (exact) mass is 265 g/mol. The summed E-state index contributed by atoms with van der Waals surface area (Å²) in [7, 11) is 1.65. The van der Waals surface area contributed by atoms with Gasteiger partial charge in [0.2, 0.25) is 0 Å². The summed E-state index contributed by atoms with van der Waals surface area (Å²) < 4.78 is 16.6. The molecule has 19 heavy (non-hydrogen) atoms. The molecule has 2 rings (SSSR count). The quantitative estimate of drug-likeness (QED) is 0.770. The average molecular weight is 265 g/mol. The molecule has 0 amide bonds. The smallest absolute Gasteiger partial charge is 0.124 e. The molecule has 0 bridgehead atoms. The fraction of sp³-hybridized carbons (Fsp3) is 0.600. The maximum absolute atomic E-state index is 5.80. The summed E-state index contributed by atoms with van der Waals surface area (Å²) in [6.45, 7) is 2.08. The Morgan fingerprint density at radius 3 is 3.00 bits per heavy atom. The van der Waals surface area contributed by atoms with E-state index in [1.54, 1.807) is 7.11 Å². The summed E-state index contributed by atoms with van der Waals surface area (Å²) in [5.74, 6) is 1.67. The fourth-order valence-corrected chi connectivity index (χ4v) is 2.35. The van der Waals surface area contributed by atoms with Crippen molar-refractivity contribution in [1.82, 2.24) is 0 Å². The van der Waals surface area contributed by atoms with Crippen LogP contribution in [0, 0.1) is 0 Å². The molecule has 0 aliphatic carbocycles. The molecule has 1 heterocycles. The van der Waals surface area contributed by atoms with Crippen LogP contribution in [0.5, 0.6) is 11.5 Å². The summed E-state index contributed by atoms with van der Waals surface area (Å²) in [6, 6.07) is 5.75. The second kappa shape index (κ2) is 7.36. The molecule has 106 valence electrons. The number of ether oxygens (including phenoxy) is 3. The first kappa shape index (κ1) is 14.2. The van der Waals surface area contributed by atoms with Gasteiger partial charge in [-0.2, -0.15) is 0 Å². The van der Waals surface area contributed by atoms with Crippen molar-refractivity contribution in [3.8, 4) is 11.5 Å². The third-order valence-corrected chi connectivity index (χ3v) is 3.44. The molecule has 1 atom stereocenters. The van der Waals surface area contributed by atoms with Crippen LogP contribution in [0.4, 0.5) is 0 Å². The summed E-state index contributed by atoms with van der Waals surface area (Å²) in [4.78, 5) is 0. The van der Waals surface area contributed by atoms with Crippen molar-refractivity contribution in [2.75, 3.05) is 20.3 Å². The van der Waals surface area contributed by atoms with E-state index in [9.17, 15) is 0 Å². The molecule has 0 radical (unpaired) electrons. The van der Waals surface area contributed by atoms with E-state index >= 15 is 0 Å². The highest BCUT2D eigenvalue weighted by Gasteiger charge is 2.14. The van der Waals surface area contributed by atoms with Crippen molar-refractivity contribution >= 4 is 0 Å². The normalized spacial score (nSPS) is 18.5. The topological polar surface area (TPSA) is 53.7 Å². The molecule has 2 N–H and O–H groups in total. The number of hydrogen-bond acceptors (Lipinski definition) is 4. The maximum Gasteiger partial charge on any atom is 0.124 e. The van der Waals surface area contributed by atoms with Gasteiger partial charge in [0.05, 0.1) is 19.8 Å². The minimum atomic E-state index is 0.438. The highest BCUT2D eigenvalue weighted by atomic mass is 16.5. The van der Waals surface area contributed by atoms with E-state index in [0.29, 0.717) is 19.3 Å². The molecule has 4 heteroatoms. The molecule has 1 aromatic rings. The van der Waals surface area contributed by atoms with Crippen molar-refractivity contribution in [2.24, 2.45) is 5.73 Å². The lowest BCUT2D eigenvalue weighted by molar-refractivity contribution is 0.0981. The minimum Gasteiger partial charge on any atom is -0.497 e. The minimum absolute atomic E-state index is 0.438. The second-order valence-corrected chi connectivity index (χ2v) is 4.80. The van der Waals surface area contributed by atoms with E-state index in [0.717, 1.165) is 36.5 Å². The molecular formula is C15H23NO3. The van der Waals surface area contributed by atoms with Crippen molar-refractivity contribution in [3.63, 3.8) is 0 Å². The zero-order valence-corrected chi connectivity index (χ0v) is 11.6. The van der Waals surface area contributed by atoms with Crippen molar-refractivity contribution in [3.05, 3.63) is 23.8 Å². The Morgan fingerprint density at radius 2 is 2.32 bits per heavy atom. The van der Waals surface area contributed by atoms with Crippen LogP contribution >= 0.6 is 0 Å². The summed E-state index contributed by atoms with van der Waals surface area (Å²) in [6.07, 6.45) is 4.92. The summed E-state index contributed by atoms with van der Waals surface area (Å²) in [5.41, 5.74) is 6.71. The molecule has 0 saturated carbocycles. The Balaban J connectivity index is 1.78. The molecule has 0 aromatic heterocycles. The Kier molecular flexibility index (Phi) is 5.48. The highest BCUT2D eigenvalue weighted by Crippen LogP contribution is 2.24. The summed E-state index contributed by atoms with van der Waals surface area (Å²) >= 11 is 0. The fourth-order valence-electron chi connectivity index (χ4n) is 2.35. The lowest BCUT2D eigenvalue weighted by Gasteiger charge is -2.13. The van der Waals surface area contributed by atoms with Crippen LogP contribution in [0.15, 0.2) is 18.2 Å². The van der Waals surface area contributed by atoms with Crippen molar-refractivity contribution in [2.45, 2.75) is 38.3 Å². The third kappa shape index (κ3) is 4.11. The van der Waals surface area contributed by atoms with E-state index in [1.165, 1.54) is 12.8 Å². The summed E-state index contributed by atoms with van der Waals surface area (Å²) in [5, 5.41) is 0. The van der Waals surface area contributed by atoms with Gasteiger partial charge in [0, 0.05) is 18.7 Å². The average Bonchev–Trinajstić information content (AvgIpc) is 2.96. The number of nitrogens with two attached hydrogens (primary N) is 1. The molecule has 1 aromatic carbocycles. The van der Waals surface area contributed by atoms with Crippen molar-refractivity contribution < 1.29 is 14.2 Å². The Morgan fingerprint density at radius 1 is 1.42 bits per heavy atom. The molecule has 1 unspecified atom stereocenters. The number of hydrogen-bond donors (Lipinski definition) is 1. The standard InChI is InChI=1S/C15H23NO3/c1-17-14-6-7-15(12(10-14)11-16)19-9-3-5-13-4-2-8-18-13/h6-7,10,13H,2-5,8-9,11,16H2,1H3. The van der Waals surface area contributed by atoms with Crippen LogP contribution in [-0.2, 0) is 11.3 Å². The first-order valence-corrected chi connectivity index (χ1v) is 6.95. The van der Waals surface area contributed by atoms with Crippen LogP contribution < -0.4 is 15.2 Å².